The van der Waals surface area contributed by atoms with Crippen LogP contribution in [0.25, 0.3) is 5.57 Å². The molecular weight excluding hydrogens is 408 g/mol. The molecule has 6 nitrogen and oxygen atoms in total. The fourth-order valence-corrected chi connectivity index (χ4v) is 6.55. The highest BCUT2D eigenvalue weighted by Crippen LogP contribution is 2.57. The van der Waals surface area contributed by atoms with Crippen molar-refractivity contribution in [2.45, 2.75) is 24.7 Å². The Labute approximate surface area is 194 Å². The second kappa shape index (κ2) is 6.61. The summed E-state index contributed by atoms with van der Waals surface area (Å²) in [5, 5.41) is 0. The number of benzene rings is 2. The SMILES string of the molecule is C=C1CC2c3ccccc3N3C=CN(C)C3C2C2N(C)c3ncncc3N2c2ccccc21. The van der Waals surface area contributed by atoms with E-state index < -0.39 is 0 Å². The first-order chi connectivity index (χ1) is 16.1. The van der Waals surface area contributed by atoms with Crippen molar-refractivity contribution < 1.29 is 0 Å². The molecule has 1 aromatic heterocycles. The molecule has 7 rings (SSSR count). The second-order valence-electron chi connectivity index (χ2n) is 9.48. The Balaban J connectivity index is 1.52. The Morgan fingerprint density at radius 1 is 0.909 bits per heavy atom. The number of hydrogen-bond acceptors (Lipinski definition) is 6. The molecule has 0 bridgehead atoms. The van der Waals surface area contributed by atoms with Crippen LogP contribution in [0.1, 0.15) is 23.5 Å². The normalized spacial score (nSPS) is 26.7. The zero-order valence-electron chi connectivity index (χ0n) is 18.8. The number of anilines is 4. The average molecular weight is 435 g/mol. The van der Waals surface area contributed by atoms with Gasteiger partial charge in [-0.15, -0.1) is 0 Å². The van der Waals surface area contributed by atoms with E-state index in [1.165, 1.54) is 28.1 Å². The van der Waals surface area contributed by atoms with Gasteiger partial charge >= 0.3 is 0 Å². The molecule has 4 atom stereocenters. The van der Waals surface area contributed by atoms with E-state index in [0.717, 1.165) is 17.9 Å². The first kappa shape index (κ1) is 18.7. The number of aromatic nitrogens is 2. The van der Waals surface area contributed by atoms with Crippen molar-refractivity contribution in [2.75, 3.05) is 28.8 Å². The predicted molar refractivity (Wildman–Crippen MR) is 132 cm³/mol. The third kappa shape index (κ3) is 2.38. The summed E-state index contributed by atoms with van der Waals surface area (Å²) in [4.78, 5) is 18.8. The molecule has 33 heavy (non-hydrogen) atoms. The van der Waals surface area contributed by atoms with Crippen molar-refractivity contribution in [3.63, 3.8) is 0 Å². The third-order valence-corrected chi connectivity index (χ3v) is 7.87. The van der Waals surface area contributed by atoms with Gasteiger partial charge in [0, 0.05) is 49.6 Å². The monoisotopic (exact) mass is 434 g/mol. The van der Waals surface area contributed by atoms with Crippen LogP contribution in [0.5, 0.6) is 0 Å². The van der Waals surface area contributed by atoms with E-state index in [1.54, 1.807) is 6.33 Å². The molecule has 0 amide bonds. The molecule has 0 spiro atoms. The summed E-state index contributed by atoms with van der Waals surface area (Å²) in [7, 11) is 4.37. The highest BCUT2D eigenvalue weighted by molar-refractivity contribution is 5.88. The number of fused-ring (bicyclic) bond motifs is 12. The van der Waals surface area contributed by atoms with Gasteiger partial charge < -0.3 is 19.6 Å². The first-order valence-corrected chi connectivity index (χ1v) is 11.5. The summed E-state index contributed by atoms with van der Waals surface area (Å²) in [5.74, 6) is 1.59. The van der Waals surface area contributed by atoms with Crippen molar-refractivity contribution in [1.29, 1.82) is 0 Å². The number of allylic oxidation sites excluding steroid dienone is 1. The molecule has 0 saturated heterocycles. The van der Waals surface area contributed by atoms with Crippen molar-refractivity contribution in [3.05, 3.63) is 91.2 Å². The molecule has 0 radical (unpaired) electrons. The molecule has 5 heterocycles. The minimum Gasteiger partial charge on any atom is -0.358 e. The van der Waals surface area contributed by atoms with Gasteiger partial charge in [-0.05, 0) is 29.7 Å². The van der Waals surface area contributed by atoms with Gasteiger partial charge in [0.15, 0.2) is 5.82 Å². The minimum atomic E-state index is 0.0964. The molecule has 0 N–H and O–H groups in total. The number of para-hydroxylation sites is 2. The molecule has 4 aliphatic rings. The van der Waals surface area contributed by atoms with Crippen molar-refractivity contribution in [2.24, 2.45) is 5.92 Å². The van der Waals surface area contributed by atoms with Crippen LogP contribution in [0.3, 0.4) is 0 Å². The molecule has 4 unspecified atom stereocenters. The van der Waals surface area contributed by atoms with Crippen LogP contribution in [0, 0.1) is 5.92 Å². The van der Waals surface area contributed by atoms with E-state index in [0.29, 0.717) is 5.92 Å². The molecule has 6 heteroatoms. The van der Waals surface area contributed by atoms with Gasteiger partial charge in [-0.25, -0.2) is 9.97 Å². The molecule has 164 valence electrons. The van der Waals surface area contributed by atoms with Crippen LogP contribution in [-0.4, -0.2) is 41.3 Å². The fraction of sp³-hybridized carbons (Fsp3) is 0.259. The topological polar surface area (TPSA) is 38.7 Å². The lowest BCUT2D eigenvalue weighted by Gasteiger charge is -2.52. The van der Waals surface area contributed by atoms with Crippen LogP contribution >= 0.6 is 0 Å². The van der Waals surface area contributed by atoms with Crippen LogP contribution in [0.2, 0.25) is 0 Å². The van der Waals surface area contributed by atoms with Gasteiger partial charge in [0.2, 0.25) is 0 Å². The highest BCUT2D eigenvalue weighted by Gasteiger charge is 2.54. The summed E-state index contributed by atoms with van der Waals surface area (Å²) in [6.45, 7) is 4.60. The van der Waals surface area contributed by atoms with E-state index in [4.69, 9.17) is 4.98 Å². The van der Waals surface area contributed by atoms with Crippen LogP contribution in [0.15, 0.2) is 80.0 Å². The van der Waals surface area contributed by atoms with Gasteiger partial charge in [0.05, 0.1) is 11.9 Å². The standard InChI is InChI=1S/C27H26N6/c1-17-14-20-19-9-5-6-10-21(19)32-13-12-30(2)26(32)24(20)27-31(3)25-23(15-28-16-29-25)33(27)22-11-7-4-8-18(17)22/h4-13,15-16,20,24,26-27H,1,14H2,2-3H3. The smallest absolute Gasteiger partial charge is 0.157 e. The van der Waals surface area contributed by atoms with Crippen molar-refractivity contribution in [1.82, 2.24) is 14.9 Å². The van der Waals surface area contributed by atoms with E-state index >= 15 is 0 Å². The Morgan fingerprint density at radius 3 is 2.58 bits per heavy atom. The van der Waals surface area contributed by atoms with Gasteiger partial charge in [-0.3, -0.25) is 0 Å². The second-order valence-corrected chi connectivity index (χ2v) is 9.48. The van der Waals surface area contributed by atoms with Gasteiger partial charge in [0.1, 0.15) is 24.3 Å². The van der Waals surface area contributed by atoms with E-state index in [1.807, 2.05) is 6.20 Å². The summed E-state index contributed by atoms with van der Waals surface area (Å²) in [5.41, 5.74) is 7.34. The lowest BCUT2D eigenvalue weighted by Crippen LogP contribution is -2.59. The third-order valence-electron chi connectivity index (χ3n) is 7.87. The largest absolute Gasteiger partial charge is 0.358 e. The first-order valence-electron chi connectivity index (χ1n) is 11.5. The molecule has 0 saturated carbocycles. The predicted octanol–water partition coefficient (Wildman–Crippen LogP) is 4.77. The number of rotatable bonds is 0. The maximum absolute atomic E-state index is 4.71. The average Bonchev–Trinajstić information content (AvgIpc) is 3.36. The zero-order chi connectivity index (χ0) is 22.3. The van der Waals surface area contributed by atoms with Crippen molar-refractivity contribution >= 4 is 28.5 Å². The van der Waals surface area contributed by atoms with Gasteiger partial charge in [0.25, 0.3) is 0 Å². The van der Waals surface area contributed by atoms with Gasteiger partial charge in [-0.1, -0.05) is 43.0 Å². The Morgan fingerprint density at radius 2 is 1.70 bits per heavy atom. The highest BCUT2D eigenvalue weighted by atomic mass is 15.5. The maximum Gasteiger partial charge on any atom is 0.157 e. The van der Waals surface area contributed by atoms with Crippen LogP contribution in [0.4, 0.5) is 22.9 Å². The van der Waals surface area contributed by atoms with E-state index in [2.05, 4.69) is 106 Å². The summed E-state index contributed by atoms with van der Waals surface area (Å²) >= 11 is 0. The summed E-state index contributed by atoms with van der Waals surface area (Å²) in [6, 6.07) is 17.5. The van der Waals surface area contributed by atoms with Crippen LogP contribution in [-0.2, 0) is 0 Å². The molecule has 3 aromatic rings. The maximum atomic E-state index is 4.71. The van der Waals surface area contributed by atoms with Crippen LogP contribution < -0.4 is 14.7 Å². The molecule has 0 aliphatic carbocycles. The Hall–Kier alpha value is -3.80. The Bertz CT molecular complexity index is 1320. The molecule has 2 aromatic carbocycles. The molecule has 0 fully saturated rings. The van der Waals surface area contributed by atoms with Crippen molar-refractivity contribution in [3.8, 4) is 0 Å². The quantitative estimate of drug-likeness (QED) is 0.508. The summed E-state index contributed by atoms with van der Waals surface area (Å²) in [6.07, 6.45) is 9.28. The Kier molecular flexibility index (Phi) is 3.75. The lowest BCUT2D eigenvalue weighted by molar-refractivity contribution is 0.184. The number of hydrogen-bond donors (Lipinski definition) is 0. The van der Waals surface area contributed by atoms with Gasteiger partial charge in [-0.2, -0.15) is 0 Å². The van der Waals surface area contributed by atoms with E-state index in [9.17, 15) is 0 Å². The lowest BCUT2D eigenvalue weighted by atomic mass is 9.72. The summed E-state index contributed by atoms with van der Waals surface area (Å²) < 4.78 is 0. The fourth-order valence-electron chi connectivity index (χ4n) is 6.55. The van der Waals surface area contributed by atoms with E-state index in [-0.39, 0.29) is 18.2 Å². The molecule has 4 aliphatic heterocycles. The number of nitrogens with zero attached hydrogens (tertiary/aromatic N) is 6. The molecular formula is C27H26N6. The minimum absolute atomic E-state index is 0.0964. The zero-order valence-corrected chi connectivity index (χ0v) is 18.8.